The summed E-state index contributed by atoms with van der Waals surface area (Å²) in [5.74, 6) is 0.621. The van der Waals surface area contributed by atoms with Gasteiger partial charge in [-0.05, 0) is 31.2 Å². The first-order chi connectivity index (χ1) is 14.6. The number of hydrogen-bond acceptors (Lipinski definition) is 4. The van der Waals surface area contributed by atoms with E-state index in [1.165, 1.54) is 5.56 Å². The van der Waals surface area contributed by atoms with Crippen molar-refractivity contribution in [3.63, 3.8) is 0 Å². The second-order valence-electron chi connectivity index (χ2n) is 7.21. The smallest absolute Gasteiger partial charge is 0.252 e. The number of amides is 1. The van der Waals surface area contributed by atoms with Gasteiger partial charge in [0.25, 0.3) is 5.91 Å². The molecule has 1 amide bonds. The van der Waals surface area contributed by atoms with Gasteiger partial charge >= 0.3 is 0 Å². The molecule has 1 aliphatic heterocycles. The SMILES string of the molecule is Cc1ccccc1.Cn1ncc2c(C(=O)NC3CCOc4cccnc43)cccc21. The summed E-state index contributed by atoms with van der Waals surface area (Å²) in [7, 11) is 1.86. The van der Waals surface area contributed by atoms with Crippen LogP contribution in [0.3, 0.4) is 0 Å². The van der Waals surface area contributed by atoms with Crippen LogP contribution in [0.25, 0.3) is 10.9 Å². The molecule has 1 unspecified atom stereocenters. The van der Waals surface area contributed by atoms with Crippen molar-refractivity contribution in [2.45, 2.75) is 19.4 Å². The number of aryl methyl sites for hydroxylation is 2. The number of pyridine rings is 1. The monoisotopic (exact) mass is 400 g/mol. The summed E-state index contributed by atoms with van der Waals surface area (Å²) < 4.78 is 7.35. The van der Waals surface area contributed by atoms with Crippen LogP contribution < -0.4 is 10.1 Å². The molecule has 4 aromatic rings. The van der Waals surface area contributed by atoms with E-state index in [1.807, 2.05) is 55.6 Å². The van der Waals surface area contributed by atoms with Crippen molar-refractivity contribution in [3.05, 3.63) is 89.9 Å². The number of carbonyl (C=O) groups is 1. The van der Waals surface area contributed by atoms with Gasteiger partial charge in [-0.2, -0.15) is 5.10 Å². The van der Waals surface area contributed by atoms with E-state index in [2.05, 4.69) is 34.5 Å². The molecule has 5 rings (SSSR count). The van der Waals surface area contributed by atoms with Crippen molar-refractivity contribution >= 4 is 16.8 Å². The van der Waals surface area contributed by atoms with Gasteiger partial charge in [0, 0.05) is 25.1 Å². The predicted octanol–water partition coefficient (Wildman–Crippen LogP) is 4.22. The van der Waals surface area contributed by atoms with Crippen molar-refractivity contribution in [1.29, 1.82) is 0 Å². The van der Waals surface area contributed by atoms with E-state index in [0.717, 1.165) is 22.3 Å². The van der Waals surface area contributed by atoms with Crippen LogP contribution in [0.4, 0.5) is 0 Å². The Labute approximate surface area is 175 Å². The summed E-state index contributed by atoms with van der Waals surface area (Å²) in [6, 6.07) is 19.5. The Morgan fingerprint density at radius 1 is 1.10 bits per heavy atom. The van der Waals surface area contributed by atoms with Gasteiger partial charge < -0.3 is 10.1 Å². The van der Waals surface area contributed by atoms with Crippen LogP contribution in [0.5, 0.6) is 5.75 Å². The van der Waals surface area contributed by atoms with E-state index in [1.54, 1.807) is 17.1 Å². The molecule has 1 N–H and O–H groups in total. The molecule has 0 saturated heterocycles. The van der Waals surface area contributed by atoms with Crippen molar-refractivity contribution in [1.82, 2.24) is 20.1 Å². The number of ether oxygens (including phenoxy) is 1. The highest BCUT2D eigenvalue weighted by atomic mass is 16.5. The first-order valence-electron chi connectivity index (χ1n) is 9.94. The Morgan fingerprint density at radius 3 is 2.70 bits per heavy atom. The Morgan fingerprint density at radius 2 is 1.93 bits per heavy atom. The fraction of sp³-hybridized carbons (Fsp3) is 0.208. The molecule has 0 radical (unpaired) electrons. The van der Waals surface area contributed by atoms with Gasteiger partial charge in [-0.3, -0.25) is 14.5 Å². The summed E-state index contributed by atoms with van der Waals surface area (Å²) in [5, 5.41) is 8.15. The molecule has 30 heavy (non-hydrogen) atoms. The molecule has 2 aromatic carbocycles. The van der Waals surface area contributed by atoms with Crippen LogP contribution in [0.1, 0.15) is 34.1 Å². The maximum absolute atomic E-state index is 12.7. The van der Waals surface area contributed by atoms with Gasteiger partial charge in [-0.25, -0.2) is 0 Å². The standard InChI is InChI=1S/C17H16N4O2.C7H8/c1-21-14-5-2-4-11(12(14)10-19-21)17(22)20-13-7-9-23-15-6-3-8-18-16(13)15;1-7-5-3-2-4-6-7/h2-6,8,10,13H,7,9H2,1H3,(H,20,22);2-6H,1H3. The molecule has 2 aromatic heterocycles. The second kappa shape index (κ2) is 8.78. The molecular formula is C24H24N4O2. The molecule has 0 fully saturated rings. The van der Waals surface area contributed by atoms with Crippen molar-refractivity contribution in [2.75, 3.05) is 6.61 Å². The number of rotatable bonds is 2. The number of hydrogen-bond donors (Lipinski definition) is 1. The lowest BCUT2D eigenvalue weighted by Crippen LogP contribution is -2.32. The molecule has 6 nitrogen and oxygen atoms in total. The van der Waals surface area contributed by atoms with Gasteiger partial charge in [-0.15, -0.1) is 0 Å². The van der Waals surface area contributed by atoms with Crippen LogP contribution in [0.2, 0.25) is 0 Å². The minimum absolute atomic E-state index is 0.118. The Hall–Kier alpha value is -3.67. The molecule has 3 heterocycles. The average Bonchev–Trinajstić information content (AvgIpc) is 3.16. The zero-order chi connectivity index (χ0) is 20.9. The normalized spacial score (nSPS) is 14.8. The van der Waals surface area contributed by atoms with Gasteiger partial charge in [0.15, 0.2) is 0 Å². The summed E-state index contributed by atoms with van der Waals surface area (Å²) >= 11 is 0. The third kappa shape index (κ3) is 4.17. The van der Waals surface area contributed by atoms with Crippen LogP contribution >= 0.6 is 0 Å². The minimum atomic E-state index is -0.139. The molecule has 0 spiro atoms. The number of nitrogens with one attached hydrogen (secondary N) is 1. The third-order valence-corrected chi connectivity index (χ3v) is 5.08. The summed E-state index contributed by atoms with van der Waals surface area (Å²) in [6.45, 7) is 2.65. The highest BCUT2D eigenvalue weighted by Crippen LogP contribution is 2.30. The first-order valence-corrected chi connectivity index (χ1v) is 9.94. The molecule has 6 heteroatoms. The lowest BCUT2D eigenvalue weighted by atomic mass is 10.0. The maximum atomic E-state index is 12.7. The Bertz CT molecular complexity index is 1150. The second-order valence-corrected chi connectivity index (χ2v) is 7.21. The lowest BCUT2D eigenvalue weighted by molar-refractivity contribution is 0.0925. The average molecular weight is 400 g/mol. The topological polar surface area (TPSA) is 69.0 Å². The van der Waals surface area contributed by atoms with E-state index >= 15 is 0 Å². The third-order valence-electron chi connectivity index (χ3n) is 5.08. The summed E-state index contributed by atoms with van der Waals surface area (Å²) in [4.78, 5) is 17.1. The zero-order valence-electron chi connectivity index (χ0n) is 17.1. The van der Waals surface area contributed by atoms with E-state index in [9.17, 15) is 4.79 Å². The zero-order valence-corrected chi connectivity index (χ0v) is 17.1. The van der Waals surface area contributed by atoms with E-state index in [0.29, 0.717) is 18.6 Å². The van der Waals surface area contributed by atoms with Crippen LogP contribution in [-0.2, 0) is 7.05 Å². The number of nitrogens with zero attached hydrogens (tertiary/aromatic N) is 3. The minimum Gasteiger partial charge on any atom is -0.491 e. The maximum Gasteiger partial charge on any atom is 0.252 e. The fourth-order valence-corrected chi connectivity index (χ4v) is 3.50. The summed E-state index contributed by atoms with van der Waals surface area (Å²) in [6.07, 6.45) is 4.15. The van der Waals surface area contributed by atoms with E-state index in [-0.39, 0.29) is 11.9 Å². The largest absolute Gasteiger partial charge is 0.491 e. The van der Waals surface area contributed by atoms with E-state index < -0.39 is 0 Å². The van der Waals surface area contributed by atoms with Crippen LogP contribution in [0, 0.1) is 6.92 Å². The summed E-state index contributed by atoms with van der Waals surface area (Å²) in [5.41, 5.74) is 3.66. The fourth-order valence-electron chi connectivity index (χ4n) is 3.50. The van der Waals surface area contributed by atoms with Crippen LogP contribution in [0.15, 0.2) is 73.1 Å². The predicted molar refractivity (Wildman–Crippen MR) is 116 cm³/mol. The number of aromatic nitrogens is 3. The molecule has 1 atom stereocenters. The van der Waals surface area contributed by atoms with Crippen LogP contribution in [-0.4, -0.2) is 27.3 Å². The highest BCUT2D eigenvalue weighted by molar-refractivity contribution is 6.06. The van der Waals surface area contributed by atoms with Crippen molar-refractivity contribution < 1.29 is 9.53 Å². The molecule has 0 saturated carbocycles. The molecular weight excluding hydrogens is 376 g/mol. The first kappa shape index (κ1) is 19.6. The Kier molecular flexibility index (Phi) is 5.75. The lowest BCUT2D eigenvalue weighted by Gasteiger charge is -2.25. The van der Waals surface area contributed by atoms with E-state index in [4.69, 9.17) is 4.74 Å². The van der Waals surface area contributed by atoms with Crippen molar-refractivity contribution in [3.8, 4) is 5.75 Å². The number of carbonyl (C=O) groups excluding carboxylic acids is 1. The van der Waals surface area contributed by atoms with Gasteiger partial charge in [0.2, 0.25) is 0 Å². The molecule has 0 bridgehead atoms. The highest BCUT2D eigenvalue weighted by Gasteiger charge is 2.25. The van der Waals surface area contributed by atoms with Crippen molar-refractivity contribution in [2.24, 2.45) is 7.05 Å². The molecule has 0 aliphatic carbocycles. The quantitative estimate of drug-likeness (QED) is 0.547. The van der Waals surface area contributed by atoms with Gasteiger partial charge in [-0.1, -0.05) is 42.0 Å². The number of fused-ring (bicyclic) bond motifs is 2. The van der Waals surface area contributed by atoms with Gasteiger partial charge in [0.05, 0.1) is 29.9 Å². The molecule has 1 aliphatic rings. The number of benzene rings is 2. The Balaban J connectivity index is 0.000000265. The molecule has 152 valence electrons. The van der Waals surface area contributed by atoms with Gasteiger partial charge in [0.1, 0.15) is 11.4 Å².